The predicted molar refractivity (Wildman–Crippen MR) is 205 cm³/mol. The first-order valence-electron chi connectivity index (χ1n) is 19.0. The average molecular weight is 775 g/mol. The van der Waals surface area contributed by atoms with Crippen LogP contribution in [0, 0.1) is 11.8 Å². The third-order valence-electron chi connectivity index (χ3n) is 9.53. The van der Waals surface area contributed by atoms with Gasteiger partial charge in [0.2, 0.25) is 11.8 Å². The first kappa shape index (κ1) is 41.5. The fraction of sp³-hybridized carbons (Fsp3) is 0.475. The normalized spacial score (nSPS) is 25.1. The molecule has 1 aromatic carbocycles. The number of aryl methyl sites for hydroxylation is 1. The summed E-state index contributed by atoms with van der Waals surface area (Å²) in [4.78, 5) is 59.1. The van der Waals surface area contributed by atoms with Crippen molar-refractivity contribution in [1.82, 2.24) is 35.5 Å². The number of halogens is 1. The smallest absolute Gasteiger partial charge is 0.329 e. The summed E-state index contributed by atoms with van der Waals surface area (Å²) in [6.07, 6.45) is 8.20. The van der Waals surface area contributed by atoms with Gasteiger partial charge in [-0.1, -0.05) is 61.1 Å². The summed E-state index contributed by atoms with van der Waals surface area (Å²) >= 11 is 0. The molecule has 5 N–H and O–H groups in total. The van der Waals surface area contributed by atoms with Crippen LogP contribution in [0.15, 0.2) is 77.1 Å². The highest BCUT2D eigenvalue weighted by molar-refractivity contribution is 5.95. The molecule has 0 aliphatic carbocycles. The Kier molecular flexibility index (Phi) is 14.7. The number of fused-ring (bicyclic) bond motifs is 3. The van der Waals surface area contributed by atoms with E-state index in [1.54, 1.807) is 35.9 Å². The monoisotopic (exact) mass is 774 g/mol. The van der Waals surface area contributed by atoms with Gasteiger partial charge in [0.25, 0.3) is 5.91 Å². The SMILES string of the molecule is CC1=C\C(O)CC(F)Cc2nc(co2)C(=O)N2CCCC2C(=O)OC(C(C)C)C(CC(=O)NCCCn2cc(-c3cccc(N)c3)nn2)/C=C/C(=O)NC\C=C\1. The van der Waals surface area contributed by atoms with E-state index in [2.05, 4.69) is 25.9 Å². The Balaban J connectivity index is 1.29. The third-order valence-corrected chi connectivity index (χ3v) is 9.53. The number of ether oxygens (including phenoxy) is 1. The molecule has 1 saturated heterocycles. The summed E-state index contributed by atoms with van der Waals surface area (Å²) < 4.78 is 28.0. The number of nitrogens with one attached hydrogen (secondary N) is 2. The highest BCUT2D eigenvalue weighted by Crippen LogP contribution is 2.27. The number of aromatic nitrogens is 4. The quantitative estimate of drug-likeness (QED) is 0.147. The van der Waals surface area contributed by atoms with Crippen molar-refractivity contribution >= 4 is 29.4 Å². The van der Waals surface area contributed by atoms with Gasteiger partial charge in [0, 0.05) is 56.2 Å². The largest absolute Gasteiger partial charge is 0.460 e. The summed E-state index contributed by atoms with van der Waals surface area (Å²) in [5.41, 5.74) is 8.64. The Labute approximate surface area is 325 Å². The lowest BCUT2D eigenvalue weighted by Crippen LogP contribution is -2.44. The molecule has 2 bridgehead atoms. The number of hydrogen-bond donors (Lipinski definition) is 4. The summed E-state index contributed by atoms with van der Waals surface area (Å²) in [5.74, 6) is -2.90. The number of nitrogens with two attached hydrogens (primary N) is 1. The summed E-state index contributed by atoms with van der Waals surface area (Å²) in [7, 11) is 0. The van der Waals surface area contributed by atoms with E-state index in [-0.39, 0.29) is 55.8 Å². The Morgan fingerprint density at radius 3 is 2.80 bits per heavy atom. The van der Waals surface area contributed by atoms with Crippen LogP contribution in [0.5, 0.6) is 0 Å². The molecule has 2 aromatic heterocycles. The van der Waals surface area contributed by atoms with Gasteiger partial charge < -0.3 is 35.5 Å². The van der Waals surface area contributed by atoms with Gasteiger partial charge in [0.1, 0.15) is 30.3 Å². The number of benzene rings is 1. The first-order chi connectivity index (χ1) is 26.9. The van der Waals surface area contributed by atoms with Gasteiger partial charge in [-0.15, -0.1) is 5.10 Å². The number of hydrogen-bond acceptors (Lipinski definition) is 11. The van der Waals surface area contributed by atoms with E-state index in [0.29, 0.717) is 49.3 Å². The number of nitrogens with zero attached hydrogens (tertiary/aromatic N) is 5. The highest BCUT2D eigenvalue weighted by Gasteiger charge is 2.39. The lowest BCUT2D eigenvalue weighted by Gasteiger charge is -2.31. The number of carbonyl (C=O) groups is 4. The van der Waals surface area contributed by atoms with E-state index >= 15 is 0 Å². The van der Waals surface area contributed by atoms with E-state index in [1.165, 1.54) is 17.1 Å². The average Bonchev–Trinajstić information content (AvgIpc) is 3.94. The van der Waals surface area contributed by atoms with Crippen molar-refractivity contribution in [3.8, 4) is 11.3 Å². The molecular weight excluding hydrogens is 723 g/mol. The maximum Gasteiger partial charge on any atom is 0.329 e. The van der Waals surface area contributed by atoms with Crippen molar-refractivity contribution in [3.63, 3.8) is 0 Å². The molecule has 3 amide bonds. The van der Waals surface area contributed by atoms with Gasteiger partial charge in [-0.05, 0) is 50.3 Å². The topological polar surface area (TPSA) is 208 Å². The fourth-order valence-electron chi connectivity index (χ4n) is 6.76. The van der Waals surface area contributed by atoms with Crippen molar-refractivity contribution in [2.45, 2.75) is 90.3 Å². The van der Waals surface area contributed by atoms with Gasteiger partial charge in [-0.2, -0.15) is 0 Å². The van der Waals surface area contributed by atoms with Gasteiger partial charge in [0.05, 0.1) is 18.7 Å². The molecule has 5 unspecified atom stereocenters. The van der Waals surface area contributed by atoms with Crippen LogP contribution in [-0.4, -0.2) is 97.7 Å². The number of amides is 3. The summed E-state index contributed by atoms with van der Waals surface area (Å²) in [5, 5.41) is 24.5. The van der Waals surface area contributed by atoms with Crippen molar-refractivity contribution in [2.75, 3.05) is 25.4 Å². The number of cyclic esters (lactones) is 1. The zero-order chi connectivity index (χ0) is 40.2. The van der Waals surface area contributed by atoms with Gasteiger partial charge in [-0.3, -0.25) is 19.1 Å². The van der Waals surface area contributed by atoms with Crippen LogP contribution in [0.25, 0.3) is 11.3 Å². The Bertz CT molecular complexity index is 1920. The maximum atomic E-state index is 14.9. The second-order valence-electron chi connectivity index (χ2n) is 14.5. The number of carbonyl (C=O) groups excluding carboxylic acids is 4. The molecule has 2 aliphatic rings. The molecule has 0 spiro atoms. The van der Waals surface area contributed by atoms with Crippen LogP contribution < -0.4 is 16.4 Å². The third kappa shape index (κ3) is 11.9. The number of esters is 1. The van der Waals surface area contributed by atoms with Gasteiger partial charge >= 0.3 is 5.97 Å². The number of oxazole rings is 1. The number of rotatable bonds is 8. The number of nitrogen functional groups attached to an aromatic ring is 1. The Morgan fingerprint density at radius 1 is 1.20 bits per heavy atom. The Morgan fingerprint density at radius 2 is 2.02 bits per heavy atom. The van der Waals surface area contributed by atoms with Crippen molar-refractivity contribution in [1.29, 1.82) is 0 Å². The number of aliphatic hydroxyl groups excluding tert-OH is 1. The molecule has 15 nitrogen and oxygen atoms in total. The van der Waals surface area contributed by atoms with Crippen molar-refractivity contribution in [3.05, 3.63) is 84.3 Å². The van der Waals surface area contributed by atoms with E-state index in [0.717, 1.165) is 11.8 Å². The van der Waals surface area contributed by atoms with Crippen LogP contribution >= 0.6 is 0 Å². The number of aliphatic hydroxyl groups is 1. The molecular formula is C40H51FN8O7. The first-order valence-corrected chi connectivity index (χ1v) is 19.0. The van der Waals surface area contributed by atoms with E-state index < -0.39 is 48.1 Å². The molecule has 1 fully saturated rings. The number of alkyl halides is 1. The van der Waals surface area contributed by atoms with Crippen molar-refractivity contribution in [2.24, 2.45) is 11.8 Å². The maximum absolute atomic E-state index is 14.9. The van der Waals surface area contributed by atoms with Crippen LogP contribution in [0.3, 0.4) is 0 Å². The summed E-state index contributed by atoms with van der Waals surface area (Å²) in [6.45, 7) is 6.71. The fourth-order valence-corrected chi connectivity index (χ4v) is 6.76. The van der Waals surface area contributed by atoms with Crippen LogP contribution in [0.2, 0.25) is 0 Å². The van der Waals surface area contributed by atoms with E-state index in [9.17, 15) is 28.7 Å². The molecule has 5 rings (SSSR count). The number of allylic oxidation sites excluding steroid dienone is 2. The number of anilines is 1. The van der Waals surface area contributed by atoms with Gasteiger partial charge in [-0.25, -0.2) is 14.2 Å². The van der Waals surface area contributed by atoms with Crippen LogP contribution in [0.4, 0.5) is 10.1 Å². The molecule has 4 heterocycles. The molecule has 0 saturated carbocycles. The zero-order valence-corrected chi connectivity index (χ0v) is 32.0. The lowest BCUT2D eigenvalue weighted by molar-refractivity contribution is -0.159. The van der Waals surface area contributed by atoms with Crippen molar-refractivity contribution < 1.29 is 37.8 Å². The minimum Gasteiger partial charge on any atom is -0.460 e. The molecule has 2 aliphatic heterocycles. The van der Waals surface area contributed by atoms with Gasteiger partial charge in [0.15, 0.2) is 11.6 Å². The minimum absolute atomic E-state index is 0.00421. The highest BCUT2D eigenvalue weighted by atomic mass is 19.1. The van der Waals surface area contributed by atoms with Crippen LogP contribution in [-0.2, 0) is 32.1 Å². The molecule has 300 valence electrons. The predicted octanol–water partition coefficient (Wildman–Crippen LogP) is 3.72. The second-order valence-corrected chi connectivity index (χ2v) is 14.5. The Hall–Kier alpha value is -5.64. The minimum atomic E-state index is -1.50. The second kappa shape index (κ2) is 19.8. The molecule has 5 atom stereocenters. The molecule has 3 aromatic rings. The zero-order valence-electron chi connectivity index (χ0n) is 32.0. The molecule has 16 heteroatoms. The standard InChI is InChI=1S/C40H51FN8O7/c1-25(2)38-28(20-36(52)44-15-7-16-48-23-32(46-47-48)27-9-4-10-30(42)19-27)12-13-35(51)43-14-5-8-26(3)18-31(50)21-29(41)22-37-45-33(24-55-37)39(53)49-17-6-11-34(49)40(54)56-38/h4-5,8-10,12-13,18-19,23-25,28-29,31,34,38,50H,6-7,11,14-17,20-22,42H2,1-3H3,(H,43,51)(H,44,52)/b8-5+,13-12+,26-18+. The molecule has 0 radical (unpaired) electrons. The molecule has 56 heavy (non-hydrogen) atoms. The van der Waals surface area contributed by atoms with Crippen LogP contribution in [0.1, 0.15) is 69.3 Å². The van der Waals surface area contributed by atoms with E-state index in [4.69, 9.17) is 14.9 Å². The van der Waals surface area contributed by atoms with E-state index in [1.807, 2.05) is 38.2 Å². The summed E-state index contributed by atoms with van der Waals surface area (Å²) in [6, 6.07) is 6.43. The lowest BCUT2D eigenvalue weighted by atomic mass is 9.89.